The van der Waals surface area contributed by atoms with Crippen LogP contribution in [0.3, 0.4) is 0 Å². The summed E-state index contributed by atoms with van der Waals surface area (Å²) in [5.74, 6) is 0. The SMILES string of the molecule is c1ccc(-c2nc3ccccc3nc2-c2ccc3c4c5ccccc5ccc4c4cccc5oc2c3c54)cc1. The fourth-order valence-corrected chi connectivity index (χ4v) is 6.31. The van der Waals surface area contributed by atoms with Crippen LogP contribution in [0.1, 0.15) is 0 Å². The van der Waals surface area contributed by atoms with Crippen LogP contribution in [0.2, 0.25) is 0 Å². The van der Waals surface area contributed by atoms with E-state index in [9.17, 15) is 0 Å². The zero-order valence-electron chi connectivity index (χ0n) is 20.8. The first-order chi connectivity index (χ1) is 19.3. The molecule has 0 aliphatic carbocycles. The van der Waals surface area contributed by atoms with Gasteiger partial charge in [0.2, 0.25) is 0 Å². The van der Waals surface area contributed by atoms with Crippen LogP contribution in [0, 0.1) is 0 Å². The molecule has 0 fully saturated rings. The molecule has 0 saturated heterocycles. The summed E-state index contributed by atoms with van der Waals surface area (Å²) in [7, 11) is 0. The first-order valence-electron chi connectivity index (χ1n) is 13.2. The highest BCUT2D eigenvalue weighted by atomic mass is 16.3. The Morgan fingerprint density at radius 1 is 0.436 bits per heavy atom. The van der Waals surface area contributed by atoms with Gasteiger partial charge in [-0.1, -0.05) is 97.1 Å². The van der Waals surface area contributed by atoms with Gasteiger partial charge in [0, 0.05) is 21.9 Å². The van der Waals surface area contributed by atoms with E-state index < -0.39 is 0 Å². The number of fused-ring (bicyclic) bond motifs is 6. The summed E-state index contributed by atoms with van der Waals surface area (Å²) < 4.78 is 6.72. The summed E-state index contributed by atoms with van der Waals surface area (Å²) in [4.78, 5) is 10.3. The first kappa shape index (κ1) is 20.7. The van der Waals surface area contributed by atoms with E-state index in [0.717, 1.165) is 50.1 Å². The van der Waals surface area contributed by atoms with Crippen LogP contribution in [0.4, 0.5) is 0 Å². The van der Waals surface area contributed by atoms with Gasteiger partial charge in [-0.25, -0.2) is 9.97 Å². The molecule has 0 amide bonds. The topological polar surface area (TPSA) is 38.9 Å². The molecule has 0 spiro atoms. The molecule has 0 bridgehead atoms. The van der Waals surface area contributed by atoms with Crippen LogP contribution < -0.4 is 0 Å². The number of benzene rings is 7. The van der Waals surface area contributed by atoms with E-state index >= 15 is 0 Å². The molecule has 3 heteroatoms. The second kappa shape index (κ2) is 7.62. The van der Waals surface area contributed by atoms with E-state index in [1.54, 1.807) is 0 Å². The van der Waals surface area contributed by atoms with Crippen LogP contribution in [0.25, 0.3) is 87.8 Å². The summed E-state index contributed by atoms with van der Waals surface area (Å²) in [5, 5.41) is 9.73. The Balaban J connectivity index is 1.48. The fraction of sp³-hybridized carbons (Fsp3) is 0. The molecule has 3 nitrogen and oxygen atoms in total. The lowest BCUT2D eigenvalue weighted by atomic mass is 9.89. The monoisotopic (exact) mass is 496 g/mol. The van der Waals surface area contributed by atoms with Crippen molar-refractivity contribution >= 4 is 65.3 Å². The van der Waals surface area contributed by atoms with Crippen molar-refractivity contribution < 1.29 is 4.42 Å². The maximum absolute atomic E-state index is 6.72. The van der Waals surface area contributed by atoms with Gasteiger partial charge < -0.3 is 4.42 Å². The summed E-state index contributed by atoms with van der Waals surface area (Å²) >= 11 is 0. The maximum atomic E-state index is 6.72. The lowest BCUT2D eigenvalue weighted by Crippen LogP contribution is -1.96. The molecule has 180 valence electrons. The van der Waals surface area contributed by atoms with Crippen molar-refractivity contribution in [1.82, 2.24) is 9.97 Å². The van der Waals surface area contributed by atoms with Crippen LogP contribution in [0.5, 0.6) is 0 Å². The van der Waals surface area contributed by atoms with Gasteiger partial charge in [-0.2, -0.15) is 0 Å². The summed E-state index contributed by atoms with van der Waals surface area (Å²) in [6.45, 7) is 0. The number of para-hydroxylation sites is 2. The smallest absolute Gasteiger partial charge is 0.145 e. The molecule has 0 atom stereocenters. The Hall–Kier alpha value is -5.28. The normalized spacial score (nSPS) is 12.1. The molecule has 0 aliphatic heterocycles. The average Bonchev–Trinajstić information content (AvgIpc) is 3.40. The Morgan fingerprint density at radius 3 is 2.00 bits per heavy atom. The molecule has 2 aromatic heterocycles. The van der Waals surface area contributed by atoms with Crippen molar-refractivity contribution in [1.29, 1.82) is 0 Å². The molecule has 0 N–H and O–H groups in total. The van der Waals surface area contributed by atoms with Crippen LogP contribution in [-0.2, 0) is 0 Å². The number of nitrogens with zero attached hydrogens (tertiary/aromatic N) is 2. The fourth-order valence-electron chi connectivity index (χ4n) is 6.31. The lowest BCUT2D eigenvalue weighted by Gasteiger charge is -2.14. The first-order valence-corrected chi connectivity index (χ1v) is 13.2. The second-order valence-electron chi connectivity index (χ2n) is 10.1. The van der Waals surface area contributed by atoms with Gasteiger partial charge in [0.05, 0.1) is 16.7 Å². The molecule has 7 aromatic carbocycles. The third-order valence-electron chi connectivity index (χ3n) is 8.01. The predicted octanol–water partition coefficient (Wildman–Crippen LogP) is 9.76. The number of hydrogen-bond acceptors (Lipinski definition) is 3. The van der Waals surface area contributed by atoms with Crippen molar-refractivity contribution in [3.05, 3.63) is 121 Å². The molecule has 0 unspecified atom stereocenters. The van der Waals surface area contributed by atoms with Crippen molar-refractivity contribution in [2.75, 3.05) is 0 Å². The van der Waals surface area contributed by atoms with E-state index in [0.29, 0.717) is 0 Å². The standard InChI is InChI=1S/C36H20N2O/c1-2-10-22(11-3-1)34-35(38-29-15-7-6-14-28(29)37-34)27-20-19-26-31-23-12-5-4-9-21(23)17-18-25(31)24-13-8-16-30-32(24)33(26)36(27)39-30/h1-20H. The molecule has 0 aliphatic rings. The largest absolute Gasteiger partial charge is 0.455 e. The summed E-state index contributed by atoms with van der Waals surface area (Å²) in [6.07, 6.45) is 0. The molecule has 0 saturated carbocycles. The number of rotatable bonds is 2. The van der Waals surface area contributed by atoms with E-state index in [1.807, 2.05) is 42.5 Å². The van der Waals surface area contributed by atoms with Crippen molar-refractivity contribution in [2.45, 2.75) is 0 Å². The van der Waals surface area contributed by atoms with Gasteiger partial charge in [-0.15, -0.1) is 0 Å². The lowest BCUT2D eigenvalue weighted by molar-refractivity contribution is 0.670. The van der Waals surface area contributed by atoms with Gasteiger partial charge in [0.25, 0.3) is 0 Å². The molecule has 0 radical (unpaired) electrons. The van der Waals surface area contributed by atoms with E-state index in [-0.39, 0.29) is 0 Å². The third kappa shape index (κ3) is 2.82. The van der Waals surface area contributed by atoms with Crippen molar-refractivity contribution in [2.24, 2.45) is 0 Å². The van der Waals surface area contributed by atoms with Gasteiger partial charge in [0.15, 0.2) is 0 Å². The number of aromatic nitrogens is 2. The molecule has 2 heterocycles. The van der Waals surface area contributed by atoms with Crippen molar-refractivity contribution in [3.8, 4) is 22.5 Å². The van der Waals surface area contributed by atoms with E-state index in [4.69, 9.17) is 14.4 Å². The van der Waals surface area contributed by atoms with Gasteiger partial charge in [-0.3, -0.25) is 0 Å². The van der Waals surface area contributed by atoms with Gasteiger partial charge in [0.1, 0.15) is 16.9 Å². The van der Waals surface area contributed by atoms with Crippen LogP contribution in [-0.4, -0.2) is 9.97 Å². The van der Waals surface area contributed by atoms with Crippen LogP contribution in [0.15, 0.2) is 126 Å². The number of hydrogen-bond donors (Lipinski definition) is 0. The highest BCUT2D eigenvalue weighted by Gasteiger charge is 2.23. The minimum absolute atomic E-state index is 0.829. The highest BCUT2D eigenvalue weighted by Crippen LogP contribution is 2.47. The minimum atomic E-state index is 0.829. The predicted molar refractivity (Wildman–Crippen MR) is 161 cm³/mol. The number of furan rings is 1. The quantitative estimate of drug-likeness (QED) is 0.224. The minimum Gasteiger partial charge on any atom is -0.455 e. The van der Waals surface area contributed by atoms with E-state index in [1.165, 1.54) is 37.7 Å². The Morgan fingerprint density at radius 2 is 1.13 bits per heavy atom. The second-order valence-corrected chi connectivity index (χ2v) is 10.1. The summed E-state index contributed by atoms with van der Waals surface area (Å²) in [6, 6.07) is 42.3. The Labute approximate surface area is 223 Å². The Bertz CT molecular complexity index is 2390. The van der Waals surface area contributed by atoms with Gasteiger partial charge in [-0.05, 0) is 56.6 Å². The zero-order valence-corrected chi connectivity index (χ0v) is 20.8. The molecule has 39 heavy (non-hydrogen) atoms. The average molecular weight is 497 g/mol. The van der Waals surface area contributed by atoms with Gasteiger partial charge >= 0.3 is 0 Å². The molecular weight excluding hydrogens is 476 g/mol. The molecule has 9 aromatic rings. The maximum Gasteiger partial charge on any atom is 0.145 e. The third-order valence-corrected chi connectivity index (χ3v) is 8.01. The molecule has 9 rings (SSSR count). The Kier molecular flexibility index (Phi) is 4.05. The molecular formula is C36H20N2O. The zero-order chi connectivity index (χ0) is 25.5. The summed E-state index contributed by atoms with van der Waals surface area (Å²) in [5.41, 5.74) is 7.16. The van der Waals surface area contributed by atoms with Crippen LogP contribution >= 0.6 is 0 Å². The van der Waals surface area contributed by atoms with Crippen molar-refractivity contribution in [3.63, 3.8) is 0 Å². The highest BCUT2D eigenvalue weighted by molar-refractivity contribution is 6.37. The van der Waals surface area contributed by atoms with E-state index in [2.05, 4.69) is 78.9 Å².